The van der Waals surface area contributed by atoms with Gasteiger partial charge < -0.3 is 14.2 Å². The van der Waals surface area contributed by atoms with Gasteiger partial charge in [0.1, 0.15) is 0 Å². The molecule has 2 amide bonds. The van der Waals surface area contributed by atoms with Gasteiger partial charge in [0.15, 0.2) is 5.76 Å². The van der Waals surface area contributed by atoms with Crippen LogP contribution >= 0.6 is 0 Å². The third kappa shape index (κ3) is 5.81. The van der Waals surface area contributed by atoms with Crippen LogP contribution in [0, 0.1) is 6.92 Å². The lowest BCUT2D eigenvalue weighted by atomic mass is 10.1. The van der Waals surface area contributed by atoms with Crippen molar-refractivity contribution in [3.8, 4) is 0 Å². The van der Waals surface area contributed by atoms with E-state index in [1.54, 1.807) is 21.9 Å². The van der Waals surface area contributed by atoms with Gasteiger partial charge in [0.25, 0.3) is 5.91 Å². The summed E-state index contributed by atoms with van der Waals surface area (Å²) in [6, 6.07) is 29.0. The lowest BCUT2D eigenvalue weighted by Gasteiger charge is -2.23. The number of benzene rings is 3. The summed E-state index contributed by atoms with van der Waals surface area (Å²) in [5.74, 6) is 0.116. The second-order valence-electron chi connectivity index (χ2n) is 8.43. The summed E-state index contributed by atoms with van der Waals surface area (Å²) in [5.41, 5.74) is 4.92. The largest absolute Gasteiger partial charge is 0.459 e. The maximum atomic E-state index is 13.2. The molecule has 0 aliphatic heterocycles. The summed E-state index contributed by atoms with van der Waals surface area (Å²) in [6.07, 6.45) is 1.80. The summed E-state index contributed by atoms with van der Waals surface area (Å²) in [4.78, 5) is 29.3. The van der Waals surface area contributed by atoms with E-state index in [2.05, 4.69) is 0 Å². The van der Waals surface area contributed by atoms with Crippen LogP contribution in [0.15, 0.2) is 102 Å². The average Bonchev–Trinajstić information content (AvgIpc) is 3.40. The molecule has 0 fully saturated rings. The molecule has 0 aliphatic rings. The van der Waals surface area contributed by atoms with E-state index in [0.29, 0.717) is 19.5 Å². The van der Waals surface area contributed by atoms with Crippen LogP contribution < -0.4 is 4.90 Å². The lowest BCUT2D eigenvalue weighted by Crippen LogP contribution is -2.30. The molecule has 4 aromatic rings. The Hall–Kier alpha value is -4.12. The summed E-state index contributed by atoms with van der Waals surface area (Å²) in [5, 5.41) is 0. The fraction of sp³-hybridized carbons (Fsp3) is 0.172. The van der Waals surface area contributed by atoms with Crippen LogP contribution in [-0.2, 0) is 24.3 Å². The molecule has 4 rings (SSSR count). The quantitative estimate of drug-likeness (QED) is 0.348. The molecule has 34 heavy (non-hydrogen) atoms. The van der Waals surface area contributed by atoms with E-state index in [0.717, 1.165) is 22.4 Å². The van der Waals surface area contributed by atoms with Crippen molar-refractivity contribution >= 4 is 17.5 Å². The Morgan fingerprint density at radius 1 is 0.735 bits per heavy atom. The van der Waals surface area contributed by atoms with Crippen molar-refractivity contribution in [3.05, 3.63) is 125 Å². The number of aryl methyl sites for hydroxylation is 1. The van der Waals surface area contributed by atoms with Crippen molar-refractivity contribution in [2.75, 3.05) is 11.9 Å². The zero-order valence-corrected chi connectivity index (χ0v) is 19.5. The van der Waals surface area contributed by atoms with Crippen LogP contribution in [0.2, 0.25) is 0 Å². The molecule has 0 N–H and O–H groups in total. The van der Waals surface area contributed by atoms with Crippen molar-refractivity contribution in [1.82, 2.24) is 4.90 Å². The number of hydrogen-bond donors (Lipinski definition) is 0. The van der Waals surface area contributed by atoms with Crippen molar-refractivity contribution in [2.45, 2.75) is 26.4 Å². The Labute approximate surface area is 200 Å². The Kier molecular flexibility index (Phi) is 7.23. The minimum absolute atomic E-state index is 0.0415. The topological polar surface area (TPSA) is 53.8 Å². The molecule has 5 heteroatoms. The number of carbonyl (C=O) groups is 2. The first-order chi connectivity index (χ1) is 16.5. The molecular weight excluding hydrogens is 424 g/mol. The summed E-state index contributed by atoms with van der Waals surface area (Å²) < 4.78 is 5.36. The molecule has 0 atom stereocenters. The van der Waals surface area contributed by atoms with Gasteiger partial charge in [-0.2, -0.15) is 0 Å². The summed E-state index contributed by atoms with van der Waals surface area (Å²) in [7, 11) is 1.81. The molecular formula is C29H28N2O3. The van der Waals surface area contributed by atoms with Gasteiger partial charge in [0.2, 0.25) is 5.91 Å². The van der Waals surface area contributed by atoms with Crippen LogP contribution in [0.4, 0.5) is 5.69 Å². The van der Waals surface area contributed by atoms with E-state index >= 15 is 0 Å². The highest BCUT2D eigenvalue weighted by molar-refractivity contribution is 6.04. The molecule has 0 aliphatic carbocycles. The van der Waals surface area contributed by atoms with Gasteiger partial charge in [0, 0.05) is 19.3 Å². The number of likely N-dealkylation sites (N-methyl/N-ethyl adjacent to an activating group) is 1. The number of rotatable bonds is 8. The molecule has 172 valence electrons. The fourth-order valence-corrected chi connectivity index (χ4v) is 3.74. The van der Waals surface area contributed by atoms with Gasteiger partial charge in [-0.1, -0.05) is 72.3 Å². The molecule has 0 bridgehead atoms. The number of carbonyl (C=O) groups excluding carboxylic acids is 2. The standard InChI is InChI=1S/C29H28N2O3/c1-22-10-12-25(13-11-22)21-31(29(33)27-9-6-18-34-27)26-16-14-23(15-17-26)19-28(32)30(2)20-24-7-4-3-5-8-24/h3-18H,19-21H2,1-2H3. The van der Waals surface area contributed by atoms with Crippen molar-refractivity contribution < 1.29 is 14.0 Å². The Morgan fingerprint density at radius 2 is 1.38 bits per heavy atom. The molecule has 1 aromatic heterocycles. The number of anilines is 1. The summed E-state index contributed by atoms with van der Waals surface area (Å²) >= 11 is 0. The number of amides is 2. The maximum absolute atomic E-state index is 13.2. The number of furan rings is 1. The number of hydrogen-bond acceptors (Lipinski definition) is 3. The van der Waals surface area contributed by atoms with E-state index < -0.39 is 0 Å². The predicted octanol–water partition coefficient (Wildman–Crippen LogP) is 5.64. The molecule has 0 saturated carbocycles. The first-order valence-electron chi connectivity index (χ1n) is 11.3. The maximum Gasteiger partial charge on any atom is 0.294 e. The zero-order valence-electron chi connectivity index (χ0n) is 19.5. The molecule has 1 heterocycles. The Bertz CT molecular complexity index is 1210. The molecule has 0 spiro atoms. The van der Waals surface area contributed by atoms with Crippen LogP contribution in [0.25, 0.3) is 0 Å². The first-order valence-corrected chi connectivity index (χ1v) is 11.3. The SMILES string of the molecule is Cc1ccc(CN(C(=O)c2ccco2)c2ccc(CC(=O)N(C)Cc3ccccc3)cc2)cc1. The van der Waals surface area contributed by atoms with Gasteiger partial charge in [-0.3, -0.25) is 9.59 Å². The van der Waals surface area contributed by atoms with Gasteiger partial charge in [0.05, 0.1) is 19.2 Å². The van der Waals surface area contributed by atoms with E-state index in [-0.39, 0.29) is 17.6 Å². The smallest absolute Gasteiger partial charge is 0.294 e. The van der Waals surface area contributed by atoms with Gasteiger partial charge >= 0.3 is 0 Å². The third-order valence-corrected chi connectivity index (χ3v) is 5.73. The zero-order chi connectivity index (χ0) is 23.9. The molecule has 0 radical (unpaired) electrons. The van der Waals surface area contributed by atoms with Gasteiger partial charge in [-0.25, -0.2) is 0 Å². The van der Waals surface area contributed by atoms with E-state index in [9.17, 15) is 9.59 Å². The van der Waals surface area contributed by atoms with E-state index in [1.165, 1.54) is 11.8 Å². The Balaban J connectivity index is 1.48. The van der Waals surface area contributed by atoms with Crippen LogP contribution in [-0.4, -0.2) is 23.8 Å². The van der Waals surface area contributed by atoms with E-state index in [4.69, 9.17) is 4.42 Å². The lowest BCUT2D eigenvalue weighted by molar-refractivity contribution is -0.129. The number of nitrogens with zero attached hydrogens (tertiary/aromatic N) is 2. The van der Waals surface area contributed by atoms with Crippen molar-refractivity contribution in [3.63, 3.8) is 0 Å². The van der Waals surface area contributed by atoms with Gasteiger partial charge in [-0.05, 0) is 47.9 Å². The highest BCUT2D eigenvalue weighted by Gasteiger charge is 2.21. The van der Waals surface area contributed by atoms with Crippen LogP contribution in [0.1, 0.15) is 32.8 Å². The molecule has 0 saturated heterocycles. The van der Waals surface area contributed by atoms with Crippen molar-refractivity contribution in [1.29, 1.82) is 0 Å². The minimum Gasteiger partial charge on any atom is -0.459 e. The molecule has 5 nitrogen and oxygen atoms in total. The fourth-order valence-electron chi connectivity index (χ4n) is 3.74. The average molecular weight is 453 g/mol. The predicted molar refractivity (Wildman–Crippen MR) is 133 cm³/mol. The van der Waals surface area contributed by atoms with Gasteiger partial charge in [-0.15, -0.1) is 0 Å². The first kappa shape index (κ1) is 23.1. The van der Waals surface area contributed by atoms with Crippen molar-refractivity contribution in [2.24, 2.45) is 0 Å². The van der Waals surface area contributed by atoms with E-state index in [1.807, 2.05) is 92.8 Å². The van der Waals surface area contributed by atoms with Crippen LogP contribution in [0.5, 0.6) is 0 Å². The normalized spacial score (nSPS) is 10.6. The third-order valence-electron chi connectivity index (χ3n) is 5.73. The molecule has 0 unspecified atom stereocenters. The second kappa shape index (κ2) is 10.7. The Morgan fingerprint density at radius 3 is 2.03 bits per heavy atom. The second-order valence-corrected chi connectivity index (χ2v) is 8.43. The van der Waals surface area contributed by atoms with Crippen LogP contribution in [0.3, 0.4) is 0 Å². The highest BCUT2D eigenvalue weighted by atomic mass is 16.3. The molecule has 3 aromatic carbocycles. The minimum atomic E-state index is -0.211. The summed E-state index contributed by atoms with van der Waals surface area (Å²) in [6.45, 7) is 3.02. The monoisotopic (exact) mass is 452 g/mol. The highest BCUT2D eigenvalue weighted by Crippen LogP contribution is 2.22.